The Hall–Kier alpha value is -2.74. The van der Waals surface area contributed by atoms with Crippen LogP contribution in [-0.2, 0) is 11.3 Å². The first-order chi connectivity index (χ1) is 15.9. The van der Waals surface area contributed by atoms with Crippen LogP contribution in [0.15, 0.2) is 72.0 Å². The highest BCUT2D eigenvalue weighted by molar-refractivity contribution is 5.72. The Balaban J connectivity index is 1.26. The van der Waals surface area contributed by atoms with Gasteiger partial charge in [-0.25, -0.2) is 0 Å². The van der Waals surface area contributed by atoms with E-state index in [9.17, 15) is 0 Å². The van der Waals surface area contributed by atoms with Gasteiger partial charge in [-0.2, -0.15) is 0 Å². The predicted molar refractivity (Wildman–Crippen MR) is 136 cm³/mol. The third kappa shape index (κ3) is 4.67. The van der Waals surface area contributed by atoms with Gasteiger partial charge in [-0.3, -0.25) is 0 Å². The number of ether oxygens (including phenoxy) is 2. The molecular weight excluding hydrogens is 404 g/mol. The second kappa shape index (κ2) is 8.89. The number of hydrogen-bond donors (Lipinski definition) is 0. The van der Waals surface area contributed by atoms with Crippen molar-refractivity contribution in [3.8, 4) is 16.9 Å². The van der Waals surface area contributed by atoms with Crippen LogP contribution in [-0.4, -0.2) is 6.10 Å². The van der Waals surface area contributed by atoms with E-state index in [4.69, 9.17) is 9.47 Å². The van der Waals surface area contributed by atoms with Gasteiger partial charge in [0.05, 0.1) is 6.10 Å². The molecule has 0 N–H and O–H groups in total. The molecule has 0 saturated heterocycles. The summed E-state index contributed by atoms with van der Waals surface area (Å²) in [4.78, 5) is 0. The van der Waals surface area contributed by atoms with Gasteiger partial charge in [0, 0.05) is 0 Å². The van der Waals surface area contributed by atoms with Crippen LogP contribution in [0.4, 0.5) is 0 Å². The molecule has 172 valence electrons. The third-order valence-corrected chi connectivity index (χ3v) is 7.60. The zero-order valence-corrected chi connectivity index (χ0v) is 20.5. The maximum Gasteiger partial charge on any atom is 0.120 e. The lowest BCUT2D eigenvalue weighted by Gasteiger charge is -2.33. The van der Waals surface area contributed by atoms with Crippen molar-refractivity contribution in [1.82, 2.24) is 0 Å². The molecule has 2 aromatic carbocycles. The summed E-state index contributed by atoms with van der Waals surface area (Å²) in [5.41, 5.74) is 9.11. The Morgan fingerprint density at radius 3 is 2.55 bits per heavy atom. The molecule has 33 heavy (non-hydrogen) atoms. The van der Waals surface area contributed by atoms with Gasteiger partial charge in [0.15, 0.2) is 0 Å². The van der Waals surface area contributed by atoms with E-state index < -0.39 is 0 Å². The molecule has 5 rings (SSSR count). The molecule has 0 aromatic heterocycles. The van der Waals surface area contributed by atoms with Crippen molar-refractivity contribution in [3.05, 3.63) is 88.7 Å². The van der Waals surface area contributed by atoms with Crippen LogP contribution in [0.2, 0.25) is 0 Å². The summed E-state index contributed by atoms with van der Waals surface area (Å²) in [5, 5.41) is 0. The van der Waals surface area contributed by atoms with Crippen molar-refractivity contribution in [3.63, 3.8) is 0 Å². The van der Waals surface area contributed by atoms with Crippen molar-refractivity contribution in [1.29, 1.82) is 0 Å². The molecule has 0 aliphatic heterocycles. The molecule has 0 radical (unpaired) electrons. The van der Waals surface area contributed by atoms with Crippen molar-refractivity contribution in [2.45, 2.75) is 66.1 Å². The van der Waals surface area contributed by atoms with E-state index in [1.165, 1.54) is 59.1 Å². The summed E-state index contributed by atoms with van der Waals surface area (Å²) < 4.78 is 12.3. The minimum atomic E-state index is 0.382. The van der Waals surface area contributed by atoms with E-state index in [-0.39, 0.29) is 0 Å². The number of hydrogen-bond acceptors (Lipinski definition) is 2. The summed E-state index contributed by atoms with van der Waals surface area (Å²) in [6.45, 7) is 13.5. The molecule has 3 aliphatic rings. The minimum Gasteiger partial charge on any atom is -0.490 e. The highest BCUT2D eigenvalue weighted by atomic mass is 16.5. The molecule has 2 nitrogen and oxygen atoms in total. The zero-order chi connectivity index (χ0) is 23.1. The van der Waals surface area contributed by atoms with Crippen LogP contribution >= 0.6 is 0 Å². The van der Waals surface area contributed by atoms with Crippen LogP contribution in [0.1, 0.15) is 56.2 Å². The first kappa shape index (κ1) is 22.1. The largest absolute Gasteiger partial charge is 0.490 e. The van der Waals surface area contributed by atoms with E-state index in [2.05, 4.69) is 82.8 Å². The SMILES string of the molecule is C=C(/C=C1/CC2CC2/C1=C/C)OCc1cccc(-c2c(C)cc(OC3CC(C)C3)cc2C)c1. The van der Waals surface area contributed by atoms with Crippen molar-refractivity contribution in [2.75, 3.05) is 0 Å². The maximum atomic E-state index is 6.20. The molecule has 2 atom stereocenters. The highest BCUT2D eigenvalue weighted by Gasteiger charge is 2.46. The smallest absolute Gasteiger partial charge is 0.120 e. The summed E-state index contributed by atoms with van der Waals surface area (Å²) in [7, 11) is 0. The van der Waals surface area contributed by atoms with Crippen LogP contribution < -0.4 is 4.74 Å². The molecule has 0 heterocycles. The van der Waals surface area contributed by atoms with Crippen molar-refractivity contribution >= 4 is 0 Å². The van der Waals surface area contributed by atoms with Gasteiger partial charge in [-0.05, 0) is 127 Å². The quantitative estimate of drug-likeness (QED) is 0.405. The fourth-order valence-electron chi connectivity index (χ4n) is 5.83. The highest BCUT2D eigenvalue weighted by Crippen LogP contribution is 2.57. The normalized spacial score (nSPS) is 27.9. The average molecular weight is 441 g/mol. The van der Waals surface area contributed by atoms with Crippen molar-refractivity contribution in [2.24, 2.45) is 17.8 Å². The molecule has 3 fully saturated rings. The predicted octanol–water partition coefficient (Wildman–Crippen LogP) is 8.09. The fraction of sp³-hybridized carbons (Fsp3) is 0.419. The molecule has 2 unspecified atom stereocenters. The fourth-order valence-corrected chi connectivity index (χ4v) is 5.83. The Kier molecular flexibility index (Phi) is 5.95. The van der Waals surface area contributed by atoms with Crippen LogP contribution in [0.25, 0.3) is 11.1 Å². The van der Waals surface area contributed by atoms with E-state index in [0.717, 1.165) is 34.8 Å². The monoisotopic (exact) mass is 440 g/mol. The Morgan fingerprint density at radius 2 is 1.85 bits per heavy atom. The van der Waals surface area contributed by atoms with Crippen LogP contribution in [0.5, 0.6) is 5.75 Å². The Labute approximate surface area is 199 Å². The van der Waals surface area contributed by atoms with Gasteiger partial charge in [0.25, 0.3) is 0 Å². The van der Waals surface area contributed by atoms with Gasteiger partial charge < -0.3 is 9.47 Å². The van der Waals surface area contributed by atoms with Crippen LogP contribution in [0.3, 0.4) is 0 Å². The van der Waals surface area contributed by atoms with Gasteiger partial charge >= 0.3 is 0 Å². The third-order valence-electron chi connectivity index (χ3n) is 7.60. The summed E-state index contributed by atoms with van der Waals surface area (Å²) in [6.07, 6.45) is 9.69. The van der Waals surface area contributed by atoms with Gasteiger partial charge in [0.1, 0.15) is 18.1 Å². The number of fused-ring (bicyclic) bond motifs is 1. The minimum absolute atomic E-state index is 0.382. The summed E-state index contributed by atoms with van der Waals surface area (Å²) >= 11 is 0. The molecule has 3 saturated carbocycles. The number of allylic oxidation sites excluding steroid dienone is 4. The number of benzene rings is 2. The molecular formula is C31H36O2. The van der Waals surface area contributed by atoms with Crippen LogP contribution in [0, 0.1) is 31.6 Å². The molecule has 2 aromatic rings. The molecule has 0 spiro atoms. The molecule has 0 bridgehead atoms. The number of rotatable bonds is 7. The van der Waals surface area contributed by atoms with E-state index in [1.807, 2.05) is 0 Å². The summed E-state index contributed by atoms with van der Waals surface area (Å²) in [5.74, 6) is 4.22. The lowest BCUT2D eigenvalue weighted by molar-refractivity contribution is 0.0738. The second-order valence-corrected chi connectivity index (χ2v) is 10.4. The lowest BCUT2D eigenvalue weighted by Crippen LogP contribution is -2.31. The van der Waals surface area contributed by atoms with Gasteiger partial charge in [0.2, 0.25) is 0 Å². The first-order valence-corrected chi connectivity index (χ1v) is 12.5. The Morgan fingerprint density at radius 1 is 1.09 bits per heavy atom. The molecule has 2 heteroatoms. The number of aryl methyl sites for hydroxylation is 2. The molecule has 0 amide bonds. The topological polar surface area (TPSA) is 18.5 Å². The van der Waals surface area contributed by atoms with Crippen molar-refractivity contribution < 1.29 is 9.47 Å². The Bertz CT molecular complexity index is 1110. The van der Waals surface area contributed by atoms with Gasteiger partial charge in [-0.1, -0.05) is 37.8 Å². The lowest BCUT2D eigenvalue weighted by atomic mass is 9.84. The van der Waals surface area contributed by atoms with E-state index in [1.54, 1.807) is 0 Å². The van der Waals surface area contributed by atoms with Gasteiger partial charge in [-0.15, -0.1) is 0 Å². The molecule has 3 aliphatic carbocycles. The zero-order valence-electron chi connectivity index (χ0n) is 20.5. The van der Waals surface area contributed by atoms with E-state index >= 15 is 0 Å². The second-order valence-electron chi connectivity index (χ2n) is 10.4. The first-order valence-electron chi connectivity index (χ1n) is 12.5. The maximum absolute atomic E-state index is 6.20. The average Bonchev–Trinajstić information content (AvgIpc) is 3.42. The standard InChI is InChI=1S/C31H36O2/c1-6-29-25(16-26-17-30(26)29)14-22(5)32-18-23-8-7-9-24(15-23)31-20(3)12-28(13-21(31)4)33-27-10-19(2)11-27/h6-9,12-15,19,26-27,30H,5,10-11,16-18H2,1-4H3/b25-14-,29-6+. The van der Waals surface area contributed by atoms with E-state index in [0.29, 0.717) is 12.7 Å². The summed E-state index contributed by atoms with van der Waals surface area (Å²) in [6, 6.07) is 13.1.